The molecule has 1 aliphatic heterocycles. The van der Waals surface area contributed by atoms with E-state index in [2.05, 4.69) is 5.32 Å². The number of halogens is 1. The predicted molar refractivity (Wildman–Crippen MR) is 108 cm³/mol. The van der Waals surface area contributed by atoms with Gasteiger partial charge in [-0.1, -0.05) is 23.7 Å². The number of amides is 2. The molecular formula is C20H18ClN3O5. The summed E-state index contributed by atoms with van der Waals surface area (Å²) >= 11 is 5.93. The lowest BCUT2D eigenvalue weighted by Gasteiger charge is -2.35. The van der Waals surface area contributed by atoms with E-state index in [1.807, 2.05) is 0 Å². The highest BCUT2D eigenvalue weighted by atomic mass is 35.5. The SMILES string of the molecule is CCOC(=O)C1=C(C)N(c2ccc(Cl)cc2)C(=O)N[C@H]1c1cccc([N+](=O)[O-])c1. The van der Waals surface area contributed by atoms with Crippen molar-refractivity contribution in [3.05, 3.63) is 80.5 Å². The van der Waals surface area contributed by atoms with Crippen molar-refractivity contribution in [2.45, 2.75) is 19.9 Å². The largest absolute Gasteiger partial charge is 0.463 e. The van der Waals surface area contributed by atoms with E-state index in [1.165, 1.54) is 23.1 Å². The molecule has 0 saturated carbocycles. The first-order valence-corrected chi connectivity index (χ1v) is 9.19. The van der Waals surface area contributed by atoms with Gasteiger partial charge in [-0.25, -0.2) is 9.59 Å². The minimum Gasteiger partial charge on any atom is -0.463 e. The Balaban J connectivity index is 2.13. The van der Waals surface area contributed by atoms with Crippen LogP contribution in [0.15, 0.2) is 59.8 Å². The van der Waals surface area contributed by atoms with Crippen LogP contribution in [0.25, 0.3) is 0 Å². The minimum absolute atomic E-state index is 0.141. The Hall–Kier alpha value is -3.39. The van der Waals surface area contributed by atoms with Crippen LogP contribution < -0.4 is 10.2 Å². The van der Waals surface area contributed by atoms with Gasteiger partial charge in [-0.15, -0.1) is 0 Å². The number of nitro benzene ring substituents is 1. The summed E-state index contributed by atoms with van der Waals surface area (Å²) < 4.78 is 5.19. The maximum Gasteiger partial charge on any atom is 0.338 e. The summed E-state index contributed by atoms with van der Waals surface area (Å²) in [5.41, 5.74) is 1.35. The molecule has 0 aromatic heterocycles. The summed E-state index contributed by atoms with van der Waals surface area (Å²) in [5, 5.41) is 14.4. The molecule has 9 heteroatoms. The maximum absolute atomic E-state index is 12.9. The molecule has 8 nitrogen and oxygen atoms in total. The number of carbonyl (C=O) groups is 2. The fourth-order valence-corrected chi connectivity index (χ4v) is 3.31. The number of benzene rings is 2. The van der Waals surface area contributed by atoms with Gasteiger partial charge in [0.05, 0.1) is 28.8 Å². The van der Waals surface area contributed by atoms with E-state index in [1.54, 1.807) is 44.2 Å². The molecule has 1 heterocycles. The molecule has 0 fully saturated rings. The summed E-state index contributed by atoms with van der Waals surface area (Å²) in [4.78, 5) is 37.6. The quantitative estimate of drug-likeness (QED) is 0.444. The summed E-state index contributed by atoms with van der Waals surface area (Å²) in [7, 11) is 0. The van der Waals surface area contributed by atoms with Gasteiger partial charge in [-0.05, 0) is 43.7 Å². The lowest BCUT2D eigenvalue weighted by Crippen LogP contribution is -2.48. The molecule has 0 unspecified atom stereocenters. The Labute approximate surface area is 171 Å². The molecule has 0 bridgehead atoms. The van der Waals surface area contributed by atoms with Crippen molar-refractivity contribution in [3.63, 3.8) is 0 Å². The molecule has 2 aromatic carbocycles. The van der Waals surface area contributed by atoms with Crippen LogP contribution >= 0.6 is 11.6 Å². The summed E-state index contributed by atoms with van der Waals surface area (Å²) in [6.07, 6.45) is 0. The molecule has 1 N–H and O–H groups in total. The van der Waals surface area contributed by atoms with Crippen LogP contribution in [-0.2, 0) is 9.53 Å². The molecule has 0 spiro atoms. The van der Waals surface area contributed by atoms with E-state index in [-0.39, 0.29) is 17.9 Å². The van der Waals surface area contributed by atoms with Crippen LogP contribution in [0.2, 0.25) is 5.02 Å². The van der Waals surface area contributed by atoms with Crippen LogP contribution in [0.4, 0.5) is 16.2 Å². The number of allylic oxidation sites excluding steroid dienone is 1. The van der Waals surface area contributed by atoms with Gasteiger partial charge in [-0.3, -0.25) is 15.0 Å². The number of nitrogens with one attached hydrogen (secondary N) is 1. The Morgan fingerprint density at radius 3 is 2.59 bits per heavy atom. The Bertz CT molecular complexity index is 1000. The van der Waals surface area contributed by atoms with Crippen molar-refractivity contribution in [3.8, 4) is 0 Å². The lowest BCUT2D eigenvalue weighted by atomic mass is 9.94. The standard InChI is InChI=1S/C20H18ClN3O5/c1-3-29-19(25)17-12(2)23(15-9-7-14(21)8-10-15)20(26)22-18(17)13-5-4-6-16(11-13)24(27)28/h4-11,18H,3H2,1-2H3,(H,22,26)/t18-/m0/s1. The maximum atomic E-state index is 12.9. The molecule has 150 valence electrons. The lowest BCUT2D eigenvalue weighted by molar-refractivity contribution is -0.384. The molecule has 1 aliphatic rings. The van der Waals surface area contributed by atoms with Gasteiger partial charge in [0.2, 0.25) is 0 Å². The third kappa shape index (κ3) is 4.07. The van der Waals surface area contributed by atoms with Crippen molar-refractivity contribution in [2.24, 2.45) is 0 Å². The number of esters is 1. The number of anilines is 1. The molecule has 0 aliphatic carbocycles. The first kappa shape index (κ1) is 20.3. The van der Waals surface area contributed by atoms with Gasteiger partial charge in [0, 0.05) is 22.9 Å². The van der Waals surface area contributed by atoms with Crippen molar-refractivity contribution in [1.82, 2.24) is 5.32 Å². The van der Waals surface area contributed by atoms with Gasteiger partial charge in [0.25, 0.3) is 5.69 Å². The fourth-order valence-electron chi connectivity index (χ4n) is 3.19. The average Bonchev–Trinajstić information content (AvgIpc) is 2.69. The smallest absolute Gasteiger partial charge is 0.338 e. The van der Waals surface area contributed by atoms with Crippen molar-refractivity contribution >= 4 is 35.0 Å². The first-order valence-electron chi connectivity index (χ1n) is 8.82. The fraction of sp³-hybridized carbons (Fsp3) is 0.200. The van der Waals surface area contributed by atoms with Crippen molar-refractivity contribution < 1.29 is 19.2 Å². The number of hydrogen-bond acceptors (Lipinski definition) is 5. The molecule has 0 radical (unpaired) electrons. The Kier molecular flexibility index (Phi) is 5.84. The third-order valence-corrected chi connectivity index (χ3v) is 4.73. The zero-order valence-corrected chi connectivity index (χ0v) is 16.5. The third-order valence-electron chi connectivity index (χ3n) is 4.48. The Morgan fingerprint density at radius 2 is 1.97 bits per heavy atom. The zero-order valence-electron chi connectivity index (χ0n) is 15.7. The van der Waals surface area contributed by atoms with Crippen LogP contribution in [0.5, 0.6) is 0 Å². The average molecular weight is 416 g/mol. The highest BCUT2D eigenvalue weighted by molar-refractivity contribution is 6.30. The van der Waals surface area contributed by atoms with Crippen LogP contribution in [0.3, 0.4) is 0 Å². The number of nitrogens with zero attached hydrogens (tertiary/aromatic N) is 2. The topological polar surface area (TPSA) is 102 Å². The number of carbonyl (C=O) groups excluding carboxylic acids is 2. The molecule has 3 rings (SSSR count). The van der Waals surface area contributed by atoms with Crippen LogP contribution in [-0.4, -0.2) is 23.5 Å². The van der Waals surface area contributed by atoms with Gasteiger partial charge in [-0.2, -0.15) is 0 Å². The number of hydrogen-bond donors (Lipinski definition) is 1. The zero-order chi connectivity index (χ0) is 21.1. The molecule has 0 saturated heterocycles. The van der Waals surface area contributed by atoms with Crippen molar-refractivity contribution in [1.29, 1.82) is 0 Å². The van der Waals surface area contributed by atoms with E-state index in [4.69, 9.17) is 16.3 Å². The van der Waals surface area contributed by atoms with E-state index in [9.17, 15) is 19.7 Å². The van der Waals surface area contributed by atoms with E-state index < -0.39 is 23.0 Å². The van der Waals surface area contributed by atoms with Crippen molar-refractivity contribution in [2.75, 3.05) is 11.5 Å². The summed E-state index contributed by atoms with van der Waals surface area (Å²) in [6.45, 7) is 3.45. The predicted octanol–water partition coefficient (Wildman–Crippen LogP) is 4.36. The highest BCUT2D eigenvalue weighted by Gasteiger charge is 2.37. The molecule has 2 amide bonds. The number of nitro groups is 1. The monoisotopic (exact) mass is 415 g/mol. The van der Waals surface area contributed by atoms with E-state index >= 15 is 0 Å². The normalized spacial score (nSPS) is 16.4. The number of rotatable bonds is 5. The number of ether oxygens (including phenoxy) is 1. The summed E-state index contributed by atoms with van der Waals surface area (Å²) in [5.74, 6) is -0.611. The highest BCUT2D eigenvalue weighted by Crippen LogP contribution is 2.35. The first-order chi connectivity index (χ1) is 13.8. The molecule has 2 aromatic rings. The molecular weight excluding hydrogens is 398 g/mol. The van der Waals surface area contributed by atoms with Gasteiger partial charge < -0.3 is 10.1 Å². The molecule has 1 atom stereocenters. The van der Waals surface area contributed by atoms with E-state index in [0.717, 1.165) is 0 Å². The van der Waals surface area contributed by atoms with Crippen LogP contribution in [0, 0.1) is 10.1 Å². The second kappa shape index (κ2) is 8.32. The summed E-state index contributed by atoms with van der Waals surface area (Å²) in [6, 6.07) is 11.0. The number of non-ortho nitro benzene ring substituents is 1. The van der Waals surface area contributed by atoms with Crippen LogP contribution in [0.1, 0.15) is 25.5 Å². The van der Waals surface area contributed by atoms with Gasteiger partial charge in [0.1, 0.15) is 0 Å². The number of urea groups is 1. The van der Waals surface area contributed by atoms with E-state index in [0.29, 0.717) is 22.0 Å². The van der Waals surface area contributed by atoms with Gasteiger partial charge >= 0.3 is 12.0 Å². The Morgan fingerprint density at radius 1 is 1.28 bits per heavy atom. The second-order valence-electron chi connectivity index (χ2n) is 6.27. The second-order valence-corrected chi connectivity index (χ2v) is 6.70. The van der Waals surface area contributed by atoms with Gasteiger partial charge in [0.15, 0.2) is 0 Å². The minimum atomic E-state index is -0.884. The molecule has 29 heavy (non-hydrogen) atoms.